The van der Waals surface area contributed by atoms with Gasteiger partial charge in [-0.1, -0.05) is 12.1 Å². The number of Topliss-reactive ketones (excluding diaryl/α,β-unsaturated/α-hetero) is 1. The molecule has 0 saturated carbocycles. The zero-order valence-corrected chi connectivity index (χ0v) is 16.7. The van der Waals surface area contributed by atoms with Gasteiger partial charge in [0.15, 0.2) is 15.4 Å². The van der Waals surface area contributed by atoms with Gasteiger partial charge >= 0.3 is 0 Å². The normalized spacial score (nSPS) is 16.7. The maximum absolute atomic E-state index is 12.9. The van der Waals surface area contributed by atoms with Crippen LogP contribution in [0.3, 0.4) is 0 Å². The summed E-state index contributed by atoms with van der Waals surface area (Å²) in [4.78, 5) is 14.3. The largest absolute Gasteiger partial charge is 0.478 e. The molecule has 0 atom stereocenters. The number of ketones is 1. The molecule has 1 heterocycles. The quantitative estimate of drug-likeness (QED) is 0.739. The van der Waals surface area contributed by atoms with Gasteiger partial charge in [0.1, 0.15) is 5.76 Å². The third kappa shape index (κ3) is 3.44. The Morgan fingerprint density at radius 1 is 0.923 bits per heavy atom. The molecule has 0 spiro atoms. The van der Waals surface area contributed by atoms with E-state index in [4.69, 9.17) is 4.74 Å². The minimum atomic E-state index is -3.28. The second kappa shape index (κ2) is 6.59. The van der Waals surface area contributed by atoms with E-state index in [9.17, 15) is 13.2 Å². The van der Waals surface area contributed by atoms with Gasteiger partial charge in [0.05, 0.1) is 10.5 Å². The van der Waals surface area contributed by atoms with Gasteiger partial charge in [0, 0.05) is 16.7 Å². The van der Waals surface area contributed by atoms with Gasteiger partial charge in [-0.2, -0.15) is 0 Å². The zero-order valence-electron chi connectivity index (χ0n) is 15.1. The van der Waals surface area contributed by atoms with E-state index in [1.165, 1.54) is 18.4 Å². The Bertz CT molecular complexity index is 983. The van der Waals surface area contributed by atoms with Gasteiger partial charge in [-0.05, 0) is 62.1 Å². The molecular weight excluding hydrogens is 368 g/mol. The van der Waals surface area contributed by atoms with E-state index in [0.29, 0.717) is 16.9 Å². The summed E-state index contributed by atoms with van der Waals surface area (Å²) in [5.41, 5.74) is 1.04. The molecular formula is C20H20O4S2. The third-order valence-corrected chi connectivity index (χ3v) is 6.15. The van der Waals surface area contributed by atoms with Gasteiger partial charge in [-0.25, -0.2) is 8.42 Å². The Morgan fingerprint density at radius 3 is 1.96 bits per heavy atom. The fraction of sp³-hybridized carbons (Fsp3) is 0.250. The van der Waals surface area contributed by atoms with Crippen molar-refractivity contribution in [2.45, 2.75) is 29.2 Å². The highest BCUT2D eigenvalue weighted by atomic mass is 32.2. The number of hydrogen-bond donors (Lipinski definition) is 0. The van der Waals surface area contributed by atoms with Gasteiger partial charge in [-0.3, -0.25) is 4.79 Å². The Kier molecular flexibility index (Phi) is 4.75. The summed E-state index contributed by atoms with van der Waals surface area (Å²) >= 11 is 1.63. The van der Waals surface area contributed by atoms with E-state index < -0.39 is 15.4 Å². The van der Waals surface area contributed by atoms with E-state index in [2.05, 4.69) is 0 Å². The minimum Gasteiger partial charge on any atom is -0.478 e. The Balaban J connectivity index is 2.13. The number of benzene rings is 2. The summed E-state index contributed by atoms with van der Waals surface area (Å²) in [5.74, 6) is 0.397. The third-order valence-electron chi connectivity index (χ3n) is 4.28. The SMILES string of the molecule is CSc1ccc(C2=C(c3ccc(S(C)(=O)=O)cc3)OC(C)(C)C2=O)cc1. The molecule has 1 aliphatic heterocycles. The number of carbonyl (C=O) groups excluding carboxylic acids is 1. The maximum Gasteiger partial charge on any atom is 0.210 e. The van der Waals surface area contributed by atoms with Crippen LogP contribution < -0.4 is 0 Å². The average Bonchev–Trinajstić information content (AvgIpc) is 2.84. The van der Waals surface area contributed by atoms with E-state index in [1.54, 1.807) is 37.7 Å². The van der Waals surface area contributed by atoms with Crippen molar-refractivity contribution in [1.82, 2.24) is 0 Å². The van der Waals surface area contributed by atoms with Crippen molar-refractivity contribution in [2.24, 2.45) is 0 Å². The lowest BCUT2D eigenvalue weighted by Gasteiger charge is -2.17. The molecule has 136 valence electrons. The monoisotopic (exact) mass is 388 g/mol. The van der Waals surface area contributed by atoms with Crippen molar-refractivity contribution in [3.8, 4) is 0 Å². The van der Waals surface area contributed by atoms with Crippen molar-refractivity contribution < 1.29 is 17.9 Å². The molecule has 26 heavy (non-hydrogen) atoms. The van der Waals surface area contributed by atoms with Crippen molar-refractivity contribution in [1.29, 1.82) is 0 Å². The first-order valence-corrected chi connectivity index (χ1v) is 11.2. The van der Waals surface area contributed by atoms with Crippen LogP contribution in [0.2, 0.25) is 0 Å². The van der Waals surface area contributed by atoms with Crippen molar-refractivity contribution in [3.05, 3.63) is 59.7 Å². The molecule has 0 N–H and O–H groups in total. The molecule has 0 aromatic heterocycles. The standard InChI is InChI=1S/C20H20O4S2/c1-20(2)19(21)17(13-5-9-15(25-3)10-6-13)18(24-20)14-7-11-16(12-8-14)26(4,22)23/h5-12H,1-4H3. The first kappa shape index (κ1) is 18.7. The van der Waals surface area contributed by atoms with Crippen LogP contribution in [0.4, 0.5) is 0 Å². The average molecular weight is 389 g/mol. The second-order valence-electron chi connectivity index (χ2n) is 6.67. The number of sulfone groups is 1. The van der Waals surface area contributed by atoms with E-state index >= 15 is 0 Å². The van der Waals surface area contributed by atoms with Crippen LogP contribution in [0, 0.1) is 0 Å². The molecule has 2 aromatic rings. The lowest BCUT2D eigenvalue weighted by atomic mass is 9.93. The van der Waals surface area contributed by atoms with E-state index in [-0.39, 0.29) is 10.7 Å². The zero-order chi connectivity index (χ0) is 19.1. The predicted molar refractivity (Wildman–Crippen MR) is 105 cm³/mol. The molecule has 0 unspecified atom stereocenters. The number of carbonyl (C=O) groups is 1. The number of ether oxygens (including phenoxy) is 1. The van der Waals surface area contributed by atoms with Crippen LogP contribution in [0.5, 0.6) is 0 Å². The van der Waals surface area contributed by atoms with Crippen molar-refractivity contribution in [2.75, 3.05) is 12.5 Å². The summed E-state index contributed by atoms with van der Waals surface area (Å²) in [7, 11) is -3.28. The van der Waals surface area contributed by atoms with Crippen LogP contribution in [0.1, 0.15) is 25.0 Å². The molecule has 1 aliphatic rings. The van der Waals surface area contributed by atoms with Crippen LogP contribution >= 0.6 is 11.8 Å². The molecule has 0 aliphatic carbocycles. The molecule has 0 radical (unpaired) electrons. The molecule has 4 nitrogen and oxygen atoms in total. The highest BCUT2D eigenvalue weighted by Gasteiger charge is 2.42. The van der Waals surface area contributed by atoms with Crippen LogP contribution in [0.25, 0.3) is 11.3 Å². The van der Waals surface area contributed by atoms with E-state index in [1.807, 2.05) is 30.5 Å². The van der Waals surface area contributed by atoms with Crippen molar-refractivity contribution >= 4 is 38.7 Å². The first-order chi connectivity index (χ1) is 12.1. The fourth-order valence-corrected chi connectivity index (χ4v) is 3.87. The number of hydrogen-bond acceptors (Lipinski definition) is 5. The van der Waals surface area contributed by atoms with Crippen LogP contribution in [0.15, 0.2) is 58.3 Å². The lowest BCUT2D eigenvalue weighted by Crippen LogP contribution is -2.29. The highest BCUT2D eigenvalue weighted by Crippen LogP contribution is 2.41. The Morgan fingerprint density at radius 2 is 1.46 bits per heavy atom. The predicted octanol–water partition coefficient (Wildman–Crippen LogP) is 4.06. The molecule has 3 rings (SSSR count). The summed E-state index contributed by atoms with van der Waals surface area (Å²) in [6.07, 6.45) is 3.16. The van der Waals surface area contributed by atoms with Crippen molar-refractivity contribution in [3.63, 3.8) is 0 Å². The number of rotatable bonds is 4. The van der Waals surface area contributed by atoms with Crippen LogP contribution in [-0.2, 0) is 19.4 Å². The topological polar surface area (TPSA) is 60.4 Å². The summed E-state index contributed by atoms with van der Waals surface area (Å²) in [6.45, 7) is 3.48. The molecule has 0 saturated heterocycles. The molecule has 6 heteroatoms. The summed E-state index contributed by atoms with van der Waals surface area (Å²) in [5, 5.41) is 0. The molecule has 0 fully saturated rings. The summed E-state index contributed by atoms with van der Waals surface area (Å²) in [6, 6.07) is 14.2. The Hall–Kier alpha value is -2.05. The fourth-order valence-electron chi connectivity index (χ4n) is 2.83. The molecule has 0 bridgehead atoms. The van der Waals surface area contributed by atoms with Gasteiger partial charge in [-0.15, -0.1) is 11.8 Å². The Labute approximate surface area is 158 Å². The van der Waals surface area contributed by atoms with Gasteiger partial charge in [0.25, 0.3) is 0 Å². The highest BCUT2D eigenvalue weighted by molar-refractivity contribution is 7.98. The molecule has 2 aromatic carbocycles. The van der Waals surface area contributed by atoms with Crippen LogP contribution in [-0.4, -0.2) is 32.3 Å². The minimum absolute atomic E-state index is 0.0865. The lowest BCUT2D eigenvalue weighted by molar-refractivity contribution is -0.125. The maximum atomic E-state index is 12.9. The van der Waals surface area contributed by atoms with E-state index in [0.717, 1.165) is 10.5 Å². The summed E-state index contributed by atoms with van der Waals surface area (Å²) < 4.78 is 29.3. The van der Waals surface area contributed by atoms with Gasteiger partial charge < -0.3 is 4.74 Å². The second-order valence-corrected chi connectivity index (χ2v) is 9.57. The molecule has 0 amide bonds. The first-order valence-electron chi connectivity index (χ1n) is 8.06. The smallest absolute Gasteiger partial charge is 0.210 e. The van der Waals surface area contributed by atoms with Gasteiger partial charge in [0.2, 0.25) is 5.78 Å². The number of thioether (sulfide) groups is 1.